The number of carbonyl (C=O) groups is 2. The molecule has 1 atom stereocenters. The molecule has 1 aromatic heterocycles. The topological polar surface area (TPSA) is 84.2 Å². The molecule has 6 nitrogen and oxygen atoms in total. The van der Waals surface area contributed by atoms with Crippen LogP contribution in [0.1, 0.15) is 36.8 Å². The third-order valence-electron chi connectivity index (χ3n) is 2.87. The lowest BCUT2D eigenvalue weighted by Gasteiger charge is -2.27. The summed E-state index contributed by atoms with van der Waals surface area (Å²) in [4.78, 5) is 23.2. The van der Waals surface area contributed by atoms with E-state index in [1.165, 1.54) is 6.20 Å². The van der Waals surface area contributed by atoms with E-state index in [0.717, 1.165) is 0 Å². The molecule has 1 rings (SSSR count). The number of nitrogens with zero attached hydrogens (tertiary/aromatic N) is 2. The number of carboxylic acids is 1. The molecule has 0 fully saturated rings. The summed E-state index contributed by atoms with van der Waals surface area (Å²) in [6.07, 6.45) is 1.44. The van der Waals surface area contributed by atoms with Crippen LogP contribution in [0.3, 0.4) is 0 Å². The van der Waals surface area contributed by atoms with Crippen LogP contribution in [0.15, 0.2) is 6.20 Å². The van der Waals surface area contributed by atoms with Crippen LogP contribution in [0.5, 0.6) is 0 Å². The van der Waals surface area contributed by atoms with Crippen molar-refractivity contribution >= 4 is 11.9 Å². The Kier molecular flexibility index (Phi) is 3.79. The van der Waals surface area contributed by atoms with Crippen LogP contribution in [0.4, 0.5) is 0 Å². The highest BCUT2D eigenvalue weighted by Gasteiger charge is 2.33. The molecule has 1 amide bonds. The summed E-state index contributed by atoms with van der Waals surface area (Å²) < 4.78 is 1.57. The standard InChI is InChI=1S/C12H19N3O3/c1-7-8(6-13-15(7)5)10(16)14-9(11(17)18)12(2,3)4/h6,9H,1-5H3,(H,14,16)(H,17,18). The minimum absolute atomic E-state index is 0.396. The molecule has 0 aliphatic heterocycles. The van der Waals surface area contributed by atoms with Gasteiger partial charge in [0.25, 0.3) is 5.91 Å². The highest BCUT2D eigenvalue weighted by Crippen LogP contribution is 2.20. The summed E-state index contributed by atoms with van der Waals surface area (Å²) in [5.41, 5.74) is 0.538. The van der Waals surface area contributed by atoms with Gasteiger partial charge >= 0.3 is 5.97 Å². The van der Waals surface area contributed by atoms with E-state index >= 15 is 0 Å². The molecule has 1 heterocycles. The summed E-state index contributed by atoms with van der Waals surface area (Å²) in [5, 5.41) is 15.6. The van der Waals surface area contributed by atoms with Crippen LogP contribution in [0.25, 0.3) is 0 Å². The minimum Gasteiger partial charge on any atom is -0.480 e. The fraction of sp³-hybridized carbons (Fsp3) is 0.583. The summed E-state index contributed by atoms with van der Waals surface area (Å²) in [6, 6.07) is -0.940. The zero-order chi connectivity index (χ0) is 14.1. The van der Waals surface area contributed by atoms with Gasteiger partial charge in [-0.3, -0.25) is 9.48 Å². The van der Waals surface area contributed by atoms with Crippen molar-refractivity contribution in [3.05, 3.63) is 17.5 Å². The highest BCUT2D eigenvalue weighted by molar-refractivity contribution is 5.97. The van der Waals surface area contributed by atoms with E-state index < -0.39 is 23.3 Å². The molecule has 1 unspecified atom stereocenters. The number of carboxylic acid groups (broad SMARTS) is 1. The lowest BCUT2D eigenvalue weighted by atomic mass is 9.86. The van der Waals surface area contributed by atoms with Gasteiger partial charge < -0.3 is 10.4 Å². The highest BCUT2D eigenvalue weighted by atomic mass is 16.4. The largest absolute Gasteiger partial charge is 0.480 e. The number of carbonyl (C=O) groups excluding carboxylic acids is 1. The van der Waals surface area contributed by atoms with Crippen molar-refractivity contribution in [3.63, 3.8) is 0 Å². The van der Waals surface area contributed by atoms with Gasteiger partial charge in [-0.25, -0.2) is 4.79 Å². The summed E-state index contributed by atoms with van der Waals surface area (Å²) >= 11 is 0. The molecule has 0 aromatic carbocycles. The van der Waals surface area contributed by atoms with E-state index in [1.807, 2.05) is 0 Å². The first-order chi connectivity index (χ1) is 8.14. The van der Waals surface area contributed by atoms with Crippen molar-refractivity contribution in [2.24, 2.45) is 12.5 Å². The lowest BCUT2D eigenvalue weighted by Crippen LogP contribution is -2.49. The van der Waals surface area contributed by atoms with Gasteiger partial charge in [-0.2, -0.15) is 5.10 Å². The Morgan fingerprint density at radius 1 is 1.44 bits per heavy atom. The molecule has 0 bridgehead atoms. The Hall–Kier alpha value is -1.85. The van der Waals surface area contributed by atoms with Crippen molar-refractivity contribution in [3.8, 4) is 0 Å². The molecule has 6 heteroatoms. The van der Waals surface area contributed by atoms with Crippen LogP contribution in [-0.4, -0.2) is 32.8 Å². The number of aromatic nitrogens is 2. The zero-order valence-corrected chi connectivity index (χ0v) is 11.3. The van der Waals surface area contributed by atoms with E-state index in [0.29, 0.717) is 11.3 Å². The van der Waals surface area contributed by atoms with Gasteiger partial charge in [0.05, 0.1) is 11.8 Å². The fourth-order valence-corrected chi connectivity index (χ4v) is 1.58. The second-order valence-electron chi connectivity index (χ2n) is 5.38. The number of hydrogen-bond donors (Lipinski definition) is 2. The molecule has 0 aliphatic carbocycles. The SMILES string of the molecule is Cc1c(C(=O)NC(C(=O)O)C(C)(C)C)cnn1C. The maximum absolute atomic E-state index is 12.0. The summed E-state index contributed by atoms with van der Waals surface area (Å²) in [6.45, 7) is 7.06. The van der Waals surface area contributed by atoms with Crippen molar-refractivity contribution in [2.75, 3.05) is 0 Å². The second kappa shape index (κ2) is 4.80. The number of aliphatic carboxylic acids is 1. The van der Waals surface area contributed by atoms with E-state index in [9.17, 15) is 9.59 Å². The molecule has 1 aromatic rings. The van der Waals surface area contributed by atoms with Gasteiger partial charge in [0.15, 0.2) is 0 Å². The number of aryl methyl sites for hydroxylation is 1. The third kappa shape index (κ3) is 2.88. The fourth-order valence-electron chi connectivity index (χ4n) is 1.58. The normalized spacial score (nSPS) is 13.2. The molecule has 0 spiro atoms. The van der Waals surface area contributed by atoms with E-state index in [1.54, 1.807) is 39.4 Å². The average molecular weight is 253 g/mol. The monoisotopic (exact) mass is 253 g/mol. The Morgan fingerprint density at radius 2 is 2.00 bits per heavy atom. The molecular weight excluding hydrogens is 234 g/mol. The number of nitrogens with one attached hydrogen (secondary N) is 1. The summed E-state index contributed by atoms with van der Waals surface area (Å²) in [7, 11) is 1.73. The number of amides is 1. The first kappa shape index (κ1) is 14.2. The smallest absolute Gasteiger partial charge is 0.326 e. The quantitative estimate of drug-likeness (QED) is 0.840. The molecule has 0 saturated carbocycles. The van der Waals surface area contributed by atoms with Gasteiger partial charge in [0, 0.05) is 12.7 Å². The van der Waals surface area contributed by atoms with Gasteiger partial charge in [-0.15, -0.1) is 0 Å². The van der Waals surface area contributed by atoms with Crippen molar-refractivity contribution in [2.45, 2.75) is 33.7 Å². The Bertz CT molecular complexity index is 471. The van der Waals surface area contributed by atoms with Crippen LogP contribution in [-0.2, 0) is 11.8 Å². The van der Waals surface area contributed by atoms with Crippen molar-refractivity contribution in [1.82, 2.24) is 15.1 Å². The number of rotatable bonds is 3. The molecule has 100 valence electrons. The van der Waals surface area contributed by atoms with E-state index in [2.05, 4.69) is 10.4 Å². The predicted octanol–water partition coefficient (Wildman–Crippen LogP) is 0.958. The first-order valence-corrected chi connectivity index (χ1v) is 5.67. The van der Waals surface area contributed by atoms with Crippen molar-refractivity contribution in [1.29, 1.82) is 0 Å². The van der Waals surface area contributed by atoms with Crippen LogP contribution in [0, 0.1) is 12.3 Å². The molecule has 2 N–H and O–H groups in total. The third-order valence-corrected chi connectivity index (χ3v) is 2.87. The van der Waals surface area contributed by atoms with Gasteiger partial charge in [0.2, 0.25) is 0 Å². The zero-order valence-electron chi connectivity index (χ0n) is 11.3. The van der Waals surface area contributed by atoms with Crippen molar-refractivity contribution < 1.29 is 14.7 Å². The molecule has 0 saturated heterocycles. The minimum atomic E-state index is -1.04. The molecule has 18 heavy (non-hydrogen) atoms. The van der Waals surface area contributed by atoms with Crippen LogP contribution in [0.2, 0.25) is 0 Å². The van der Waals surface area contributed by atoms with E-state index in [-0.39, 0.29) is 0 Å². The van der Waals surface area contributed by atoms with Gasteiger partial charge in [-0.05, 0) is 12.3 Å². The molecule has 0 aliphatic rings. The average Bonchev–Trinajstić information content (AvgIpc) is 2.54. The Labute approximate surface area is 106 Å². The number of hydrogen-bond acceptors (Lipinski definition) is 3. The lowest BCUT2D eigenvalue weighted by molar-refractivity contribution is -0.142. The molecular formula is C12H19N3O3. The van der Waals surface area contributed by atoms with Crippen LogP contribution >= 0.6 is 0 Å². The van der Waals surface area contributed by atoms with Crippen LogP contribution < -0.4 is 5.32 Å². The van der Waals surface area contributed by atoms with E-state index in [4.69, 9.17) is 5.11 Å². The van der Waals surface area contributed by atoms with Gasteiger partial charge in [-0.1, -0.05) is 20.8 Å². The Morgan fingerprint density at radius 3 is 2.33 bits per heavy atom. The predicted molar refractivity (Wildman–Crippen MR) is 66.3 cm³/mol. The Balaban J connectivity index is 2.93. The second-order valence-corrected chi connectivity index (χ2v) is 5.38. The summed E-state index contributed by atoms with van der Waals surface area (Å²) in [5.74, 6) is -1.46. The first-order valence-electron chi connectivity index (χ1n) is 5.67. The maximum Gasteiger partial charge on any atom is 0.326 e. The molecule has 0 radical (unpaired) electrons. The van der Waals surface area contributed by atoms with Gasteiger partial charge in [0.1, 0.15) is 6.04 Å². The maximum atomic E-state index is 12.0.